The molecular weight excluding hydrogens is 536 g/mol. The lowest BCUT2D eigenvalue weighted by atomic mass is 9.95. The molecule has 0 aromatic carbocycles. The number of hydrogen-bond donors (Lipinski definition) is 3. The Kier molecular flexibility index (Phi) is 25.4. The fourth-order valence-electron chi connectivity index (χ4n) is 5.31. The highest BCUT2D eigenvalue weighted by Gasteiger charge is 2.42. The molecule has 0 amide bonds. The van der Waals surface area contributed by atoms with Crippen molar-refractivity contribution in [2.75, 3.05) is 0 Å². The fourth-order valence-corrected chi connectivity index (χ4v) is 5.31. The van der Waals surface area contributed by atoms with Crippen LogP contribution in [0.1, 0.15) is 181 Å². The second kappa shape index (κ2) is 26.7. The number of rotatable bonds is 31. The summed E-state index contributed by atoms with van der Waals surface area (Å²) in [5.74, 6) is -4.65. The quantitative estimate of drug-likeness (QED) is 0.0533. The van der Waals surface area contributed by atoms with Crippen LogP contribution in [-0.4, -0.2) is 50.7 Å². The lowest BCUT2D eigenvalue weighted by Gasteiger charge is -2.22. The van der Waals surface area contributed by atoms with Crippen molar-refractivity contribution in [2.24, 2.45) is 0 Å². The van der Waals surface area contributed by atoms with Crippen molar-refractivity contribution < 1.29 is 39.2 Å². The van der Waals surface area contributed by atoms with Crippen LogP contribution in [0.25, 0.3) is 0 Å². The van der Waals surface area contributed by atoms with Crippen LogP contribution in [0, 0.1) is 0 Å². The highest BCUT2D eigenvalue weighted by molar-refractivity contribution is 5.90. The summed E-state index contributed by atoms with van der Waals surface area (Å²) in [4.78, 5) is 47.4. The van der Waals surface area contributed by atoms with Crippen molar-refractivity contribution in [3.05, 3.63) is 0 Å². The van der Waals surface area contributed by atoms with Gasteiger partial charge in [-0.2, -0.15) is 0 Å². The number of hydrogen-bond acceptors (Lipinski definition) is 6. The van der Waals surface area contributed by atoms with Gasteiger partial charge >= 0.3 is 17.9 Å². The van der Waals surface area contributed by atoms with Gasteiger partial charge in [-0.3, -0.25) is 14.4 Å². The van der Waals surface area contributed by atoms with E-state index in [2.05, 4.69) is 6.92 Å². The van der Waals surface area contributed by atoms with Gasteiger partial charge in [0.1, 0.15) is 0 Å². The Morgan fingerprint density at radius 1 is 0.571 bits per heavy atom. The van der Waals surface area contributed by atoms with E-state index in [0.29, 0.717) is 19.3 Å². The van der Waals surface area contributed by atoms with Gasteiger partial charge in [0, 0.05) is 6.42 Å². The predicted molar refractivity (Wildman–Crippen MR) is 166 cm³/mol. The smallest absolute Gasteiger partial charge is 0.336 e. The minimum Gasteiger partial charge on any atom is -0.481 e. The minimum atomic E-state index is -2.77. The van der Waals surface area contributed by atoms with E-state index in [4.69, 9.17) is 9.84 Å². The number of carbonyl (C=O) groups excluding carboxylic acids is 2. The molecule has 2 atom stereocenters. The topological polar surface area (TPSA) is 138 Å². The van der Waals surface area contributed by atoms with E-state index in [0.717, 1.165) is 32.1 Å². The molecule has 0 aromatic rings. The molecule has 0 saturated heterocycles. The van der Waals surface area contributed by atoms with Crippen LogP contribution in [0.4, 0.5) is 0 Å². The first kappa shape index (κ1) is 40.0. The molecule has 0 bridgehead atoms. The Bertz CT molecular complexity index is 722. The molecule has 0 rings (SSSR count). The van der Waals surface area contributed by atoms with Crippen LogP contribution in [0.3, 0.4) is 0 Å². The standard InChI is InChI=1S/C34H62O8/c1-3-5-7-8-9-10-11-12-13-14-15-16-17-18-19-20-21-22-24-26-30(29(35)25-23-6-4-2)42-32(38)28-34(41,33(39)40)27-31(36)37/h30,41H,3-28H2,1-2H3,(H,36,37)(H,39,40). The third-order valence-electron chi connectivity index (χ3n) is 8.01. The largest absolute Gasteiger partial charge is 0.481 e. The first-order valence-corrected chi connectivity index (χ1v) is 17.1. The molecule has 0 aliphatic carbocycles. The molecule has 0 aliphatic heterocycles. The van der Waals surface area contributed by atoms with Crippen molar-refractivity contribution in [3.8, 4) is 0 Å². The summed E-state index contributed by atoms with van der Waals surface area (Å²) in [5, 5.41) is 28.2. The van der Waals surface area contributed by atoms with Crippen LogP contribution in [-0.2, 0) is 23.9 Å². The first-order valence-electron chi connectivity index (χ1n) is 17.1. The third kappa shape index (κ3) is 22.6. The minimum absolute atomic E-state index is 0.212. The second-order valence-corrected chi connectivity index (χ2v) is 12.1. The van der Waals surface area contributed by atoms with Gasteiger partial charge in [0.25, 0.3) is 0 Å². The van der Waals surface area contributed by atoms with E-state index in [9.17, 15) is 29.4 Å². The molecule has 246 valence electrons. The molecule has 0 aliphatic rings. The third-order valence-corrected chi connectivity index (χ3v) is 8.01. The van der Waals surface area contributed by atoms with Gasteiger partial charge in [-0.15, -0.1) is 0 Å². The maximum atomic E-state index is 12.7. The number of esters is 1. The van der Waals surface area contributed by atoms with E-state index in [-0.39, 0.29) is 12.2 Å². The maximum absolute atomic E-state index is 12.7. The van der Waals surface area contributed by atoms with Crippen LogP contribution in [0.2, 0.25) is 0 Å². The summed E-state index contributed by atoms with van der Waals surface area (Å²) < 4.78 is 5.30. The Balaban J connectivity index is 4.13. The number of aliphatic hydroxyl groups is 1. The van der Waals surface area contributed by atoms with E-state index in [1.165, 1.54) is 96.3 Å². The summed E-state index contributed by atoms with van der Waals surface area (Å²) in [6.45, 7) is 4.28. The van der Waals surface area contributed by atoms with Gasteiger partial charge in [0.2, 0.25) is 0 Å². The summed E-state index contributed by atoms with van der Waals surface area (Å²) in [6, 6.07) is 0. The summed E-state index contributed by atoms with van der Waals surface area (Å²) >= 11 is 0. The number of ketones is 1. The number of aliphatic carboxylic acids is 2. The van der Waals surface area contributed by atoms with Crippen molar-refractivity contribution in [2.45, 2.75) is 192 Å². The molecular formula is C34H62O8. The molecule has 0 radical (unpaired) electrons. The Hall–Kier alpha value is -1.96. The van der Waals surface area contributed by atoms with E-state index < -0.39 is 42.5 Å². The zero-order chi connectivity index (χ0) is 31.5. The lowest BCUT2D eigenvalue weighted by Crippen LogP contribution is -2.44. The van der Waals surface area contributed by atoms with Gasteiger partial charge in [-0.1, -0.05) is 142 Å². The van der Waals surface area contributed by atoms with Crippen molar-refractivity contribution in [1.82, 2.24) is 0 Å². The number of Topliss-reactive ketones (excluding diaryl/α,β-unsaturated/α-hetero) is 1. The number of unbranched alkanes of at least 4 members (excludes halogenated alkanes) is 20. The molecule has 0 fully saturated rings. The summed E-state index contributed by atoms with van der Waals surface area (Å²) in [7, 11) is 0. The van der Waals surface area contributed by atoms with E-state index >= 15 is 0 Å². The van der Waals surface area contributed by atoms with Gasteiger partial charge < -0.3 is 20.1 Å². The van der Waals surface area contributed by atoms with E-state index in [1.807, 2.05) is 6.92 Å². The van der Waals surface area contributed by atoms with Crippen LogP contribution >= 0.6 is 0 Å². The first-order chi connectivity index (χ1) is 20.2. The normalized spacial score (nSPS) is 13.4. The average Bonchev–Trinajstić information content (AvgIpc) is 2.93. The van der Waals surface area contributed by atoms with Gasteiger partial charge in [-0.25, -0.2) is 4.79 Å². The Labute approximate surface area is 255 Å². The molecule has 42 heavy (non-hydrogen) atoms. The van der Waals surface area contributed by atoms with Gasteiger partial charge in [0.15, 0.2) is 17.5 Å². The zero-order valence-electron chi connectivity index (χ0n) is 26.8. The predicted octanol–water partition coefficient (Wildman–Crippen LogP) is 8.55. The molecule has 3 N–H and O–H groups in total. The van der Waals surface area contributed by atoms with Gasteiger partial charge in [0.05, 0.1) is 12.8 Å². The number of carboxylic acid groups (broad SMARTS) is 2. The molecule has 8 nitrogen and oxygen atoms in total. The van der Waals surface area contributed by atoms with Crippen LogP contribution < -0.4 is 0 Å². The monoisotopic (exact) mass is 598 g/mol. The van der Waals surface area contributed by atoms with Crippen molar-refractivity contribution in [1.29, 1.82) is 0 Å². The maximum Gasteiger partial charge on any atom is 0.336 e. The van der Waals surface area contributed by atoms with Crippen LogP contribution in [0.5, 0.6) is 0 Å². The highest BCUT2D eigenvalue weighted by atomic mass is 16.5. The fraction of sp³-hybridized carbons (Fsp3) is 0.882. The Morgan fingerprint density at radius 2 is 0.952 bits per heavy atom. The number of carbonyl (C=O) groups is 4. The summed E-state index contributed by atoms with van der Waals surface area (Å²) in [6.07, 6.45) is 23.9. The van der Waals surface area contributed by atoms with Crippen molar-refractivity contribution >= 4 is 23.7 Å². The molecule has 0 saturated carbocycles. The molecule has 0 spiro atoms. The summed E-state index contributed by atoms with van der Waals surface area (Å²) in [5.41, 5.74) is -2.77. The van der Waals surface area contributed by atoms with Crippen molar-refractivity contribution in [3.63, 3.8) is 0 Å². The highest BCUT2D eigenvalue weighted by Crippen LogP contribution is 2.21. The van der Waals surface area contributed by atoms with Gasteiger partial charge in [-0.05, 0) is 19.3 Å². The number of ether oxygens (including phenoxy) is 1. The molecule has 2 unspecified atom stereocenters. The molecule has 0 aromatic heterocycles. The zero-order valence-corrected chi connectivity index (χ0v) is 26.8. The molecule has 8 heteroatoms. The van der Waals surface area contributed by atoms with Crippen LogP contribution in [0.15, 0.2) is 0 Å². The second-order valence-electron chi connectivity index (χ2n) is 12.1. The number of carboxylic acids is 2. The lowest BCUT2D eigenvalue weighted by molar-refractivity contribution is -0.174. The Morgan fingerprint density at radius 3 is 1.33 bits per heavy atom. The molecule has 0 heterocycles. The SMILES string of the molecule is CCCCCCCCCCCCCCCCCCCCCC(OC(=O)CC(O)(CC(=O)O)C(=O)O)C(=O)CCCCC. The average molecular weight is 599 g/mol. The van der Waals surface area contributed by atoms with E-state index in [1.54, 1.807) is 0 Å².